The van der Waals surface area contributed by atoms with Crippen LogP contribution in [0.4, 0.5) is 0 Å². The van der Waals surface area contributed by atoms with Gasteiger partial charge in [-0.2, -0.15) is 0 Å². The lowest BCUT2D eigenvalue weighted by Crippen LogP contribution is -2.38. The molecule has 3 rings (SSSR count). The molecule has 0 saturated heterocycles. The van der Waals surface area contributed by atoms with Crippen molar-refractivity contribution in [2.24, 2.45) is 29.6 Å². The van der Waals surface area contributed by atoms with Crippen molar-refractivity contribution in [3.8, 4) is 0 Å². The van der Waals surface area contributed by atoms with E-state index in [1.807, 2.05) is 18.2 Å². The molecule has 2 aliphatic rings. The summed E-state index contributed by atoms with van der Waals surface area (Å²) in [7, 11) is 0. The van der Waals surface area contributed by atoms with Crippen LogP contribution < -0.4 is 0 Å². The number of hydrogen-bond acceptors (Lipinski definition) is 1. The van der Waals surface area contributed by atoms with Gasteiger partial charge in [0.1, 0.15) is 0 Å². The van der Waals surface area contributed by atoms with Gasteiger partial charge in [-0.25, -0.2) is 0 Å². The number of aliphatic hydroxyl groups is 1. The first-order valence-electron chi connectivity index (χ1n) is 8.90. The van der Waals surface area contributed by atoms with E-state index in [0.717, 1.165) is 23.3 Å². The second-order valence-electron chi connectivity index (χ2n) is 7.65. The minimum absolute atomic E-state index is 0.299. The number of benzene rings is 1. The van der Waals surface area contributed by atoms with Crippen molar-refractivity contribution in [1.29, 1.82) is 0 Å². The standard InChI is InChI=1S/C20H30O/c1-14-11-12-16-9-6-10-18(19(16)13-14)15(2)20(21)17-7-4-3-5-8-17/h3-5,7-8,14-16,18-21H,6,9-13H2,1-2H3/t14?,15-,16?,18?,19?,20?/m1/s1. The van der Waals surface area contributed by atoms with Gasteiger partial charge in [-0.05, 0) is 54.4 Å². The Morgan fingerprint density at radius 3 is 2.57 bits per heavy atom. The van der Waals surface area contributed by atoms with Crippen molar-refractivity contribution in [3.63, 3.8) is 0 Å². The van der Waals surface area contributed by atoms with E-state index in [4.69, 9.17) is 0 Å². The largest absolute Gasteiger partial charge is 0.388 e. The molecule has 1 aromatic rings. The van der Waals surface area contributed by atoms with Gasteiger partial charge < -0.3 is 5.11 Å². The summed E-state index contributed by atoms with van der Waals surface area (Å²) in [5.41, 5.74) is 1.09. The molecule has 5 unspecified atom stereocenters. The Hall–Kier alpha value is -0.820. The highest BCUT2D eigenvalue weighted by Crippen LogP contribution is 2.49. The van der Waals surface area contributed by atoms with Crippen molar-refractivity contribution >= 4 is 0 Å². The van der Waals surface area contributed by atoms with Gasteiger partial charge >= 0.3 is 0 Å². The summed E-state index contributed by atoms with van der Waals surface area (Å²) in [6.07, 6.45) is 8.06. The molecule has 2 saturated carbocycles. The van der Waals surface area contributed by atoms with Gasteiger partial charge in [-0.3, -0.25) is 0 Å². The van der Waals surface area contributed by atoms with Crippen molar-refractivity contribution in [2.75, 3.05) is 0 Å². The molecule has 2 aliphatic carbocycles. The van der Waals surface area contributed by atoms with Gasteiger partial charge in [0.2, 0.25) is 0 Å². The third kappa shape index (κ3) is 3.18. The van der Waals surface area contributed by atoms with E-state index >= 15 is 0 Å². The van der Waals surface area contributed by atoms with E-state index in [1.165, 1.54) is 38.5 Å². The summed E-state index contributed by atoms with van der Waals surface area (Å²) < 4.78 is 0. The van der Waals surface area contributed by atoms with Crippen LogP contribution in [-0.2, 0) is 0 Å². The molecule has 1 nitrogen and oxygen atoms in total. The summed E-state index contributed by atoms with van der Waals surface area (Å²) in [6, 6.07) is 10.3. The summed E-state index contributed by atoms with van der Waals surface area (Å²) in [4.78, 5) is 0. The first kappa shape index (κ1) is 15.1. The van der Waals surface area contributed by atoms with Crippen LogP contribution in [0, 0.1) is 29.6 Å². The zero-order valence-electron chi connectivity index (χ0n) is 13.5. The predicted octanol–water partition coefficient (Wildman–Crippen LogP) is 5.21. The molecule has 1 aromatic carbocycles. The number of rotatable bonds is 3. The highest BCUT2D eigenvalue weighted by Gasteiger charge is 2.40. The third-order valence-corrected chi connectivity index (χ3v) is 6.29. The maximum Gasteiger partial charge on any atom is 0.0818 e. The van der Waals surface area contributed by atoms with E-state index in [-0.39, 0.29) is 6.10 Å². The monoisotopic (exact) mass is 286 g/mol. The van der Waals surface area contributed by atoms with Gasteiger partial charge in [-0.15, -0.1) is 0 Å². The highest BCUT2D eigenvalue weighted by molar-refractivity contribution is 5.18. The van der Waals surface area contributed by atoms with Crippen LogP contribution in [-0.4, -0.2) is 5.11 Å². The molecule has 1 N–H and O–H groups in total. The van der Waals surface area contributed by atoms with Crippen molar-refractivity contribution in [3.05, 3.63) is 35.9 Å². The Morgan fingerprint density at radius 1 is 1.05 bits per heavy atom. The second kappa shape index (κ2) is 6.52. The van der Waals surface area contributed by atoms with Crippen LogP contribution in [0.15, 0.2) is 30.3 Å². The van der Waals surface area contributed by atoms with Crippen molar-refractivity contribution < 1.29 is 5.11 Å². The van der Waals surface area contributed by atoms with Crippen LogP contribution in [0.2, 0.25) is 0 Å². The van der Waals surface area contributed by atoms with E-state index in [0.29, 0.717) is 11.8 Å². The molecule has 1 heteroatoms. The van der Waals surface area contributed by atoms with Crippen LogP contribution >= 0.6 is 0 Å². The van der Waals surface area contributed by atoms with E-state index < -0.39 is 0 Å². The Kier molecular flexibility index (Phi) is 4.69. The third-order valence-electron chi connectivity index (χ3n) is 6.29. The maximum absolute atomic E-state index is 10.8. The number of aliphatic hydroxyl groups excluding tert-OH is 1. The fourth-order valence-corrected chi connectivity index (χ4v) is 5.04. The molecule has 0 bridgehead atoms. The Morgan fingerprint density at radius 2 is 1.81 bits per heavy atom. The molecule has 6 atom stereocenters. The first-order valence-corrected chi connectivity index (χ1v) is 8.90. The van der Waals surface area contributed by atoms with E-state index in [2.05, 4.69) is 26.0 Å². The molecule has 0 amide bonds. The average Bonchev–Trinajstić information content (AvgIpc) is 2.53. The zero-order chi connectivity index (χ0) is 14.8. The van der Waals surface area contributed by atoms with Crippen LogP contribution in [0.1, 0.15) is 64.0 Å². The van der Waals surface area contributed by atoms with Gasteiger partial charge in [0.25, 0.3) is 0 Å². The summed E-state index contributed by atoms with van der Waals surface area (Å²) >= 11 is 0. The number of fused-ring (bicyclic) bond motifs is 1. The lowest BCUT2D eigenvalue weighted by atomic mass is 9.59. The smallest absolute Gasteiger partial charge is 0.0818 e. The quantitative estimate of drug-likeness (QED) is 0.809. The molecule has 0 aliphatic heterocycles. The van der Waals surface area contributed by atoms with Gasteiger partial charge in [-0.1, -0.05) is 63.4 Å². The predicted molar refractivity (Wildman–Crippen MR) is 87.9 cm³/mol. The zero-order valence-corrected chi connectivity index (χ0v) is 13.5. The molecule has 0 radical (unpaired) electrons. The second-order valence-corrected chi connectivity index (χ2v) is 7.65. The molecule has 0 heterocycles. The highest BCUT2D eigenvalue weighted by atomic mass is 16.3. The van der Waals surface area contributed by atoms with Crippen LogP contribution in [0.5, 0.6) is 0 Å². The molecule has 116 valence electrons. The van der Waals surface area contributed by atoms with Gasteiger partial charge in [0.15, 0.2) is 0 Å². The minimum atomic E-state index is -0.299. The molecular formula is C20H30O. The molecular weight excluding hydrogens is 256 g/mol. The normalized spacial score (nSPS) is 35.8. The topological polar surface area (TPSA) is 20.2 Å². The van der Waals surface area contributed by atoms with Crippen molar-refractivity contribution in [1.82, 2.24) is 0 Å². The fraction of sp³-hybridized carbons (Fsp3) is 0.700. The summed E-state index contributed by atoms with van der Waals surface area (Å²) in [6.45, 7) is 4.70. The molecule has 0 aromatic heterocycles. The Labute approximate surface area is 129 Å². The van der Waals surface area contributed by atoms with E-state index in [1.54, 1.807) is 0 Å². The maximum atomic E-state index is 10.8. The molecule has 0 spiro atoms. The SMILES string of the molecule is CC1CCC2CCCC([C@@H](C)C(O)c3ccccc3)C2C1. The van der Waals surface area contributed by atoms with Gasteiger partial charge in [0.05, 0.1) is 6.10 Å². The summed E-state index contributed by atoms with van der Waals surface area (Å²) in [5, 5.41) is 10.8. The molecule has 2 fully saturated rings. The van der Waals surface area contributed by atoms with Crippen LogP contribution in [0.25, 0.3) is 0 Å². The first-order chi connectivity index (χ1) is 10.2. The fourth-order valence-electron chi connectivity index (χ4n) is 5.04. The Balaban J connectivity index is 1.74. The average molecular weight is 286 g/mol. The lowest BCUT2D eigenvalue weighted by Gasteiger charge is -2.46. The van der Waals surface area contributed by atoms with E-state index in [9.17, 15) is 5.11 Å². The molecule has 21 heavy (non-hydrogen) atoms. The number of hydrogen-bond donors (Lipinski definition) is 1. The lowest BCUT2D eigenvalue weighted by molar-refractivity contribution is -0.00334. The Bertz CT molecular complexity index is 440. The minimum Gasteiger partial charge on any atom is -0.388 e. The van der Waals surface area contributed by atoms with Crippen LogP contribution in [0.3, 0.4) is 0 Å². The van der Waals surface area contributed by atoms with Gasteiger partial charge in [0, 0.05) is 0 Å². The summed E-state index contributed by atoms with van der Waals surface area (Å²) in [5.74, 6) is 3.77. The van der Waals surface area contributed by atoms with Crippen molar-refractivity contribution in [2.45, 2.75) is 58.5 Å².